The van der Waals surface area contributed by atoms with Crippen molar-refractivity contribution >= 4 is 55.3 Å². The van der Waals surface area contributed by atoms with Gasteiger partial charge in [0, 0.05) is 15.3 Å². The highest BCUT2D eigenvalue weighted by Crippen LogP contribution is 2.60. The molecule has 150 valence electrons. The first-order valence-corrected chi connectivity index (χ1v) is 11.6. The van der Waals surface area contributed by atoms with Crippen LogP contribution in [-0.2, 0) is 14.4 Å². The molecule has 7 atom stereocenters. The number of fused-ring (bicyclic) bond motifs is 5. The molecule has 1 aromatic carbocycles. The monoisotopic (exact) mass is 510 g/mol. The lowest BCUT2D eigenvalue weighted by molar-refractivity contribution is -0.148. The second-order valence-electron chi connectivity index (χ2n) is 8.59. The van der Waals surface area contributed by atoms with E-state index >= 15 is 0 Å². The van der Waals surface area contributed by atoms with E-state index in [-0.39, 0.29) is 57.0 Å². The zero-order chi connectivity index (χ0) is 20.3. The van der Waals surface area contributed by atoms with Crippen LogP contribution in [0.4, 0.5) is 5.69 Å². The summed E-state index contributed by atoms with van der Waals surface area (Å²) in [5.41, 5.74) is 1.77. The molecule has 0 radical (unpaired) electrons. The predicted molar refractivity (Wildman–Crippen MR) is 114 cm³/mol. The van der Waals surface area contributed by atoms with Gasteiger partial charge in [-0.25, -0.2) is 0 Å². The van der Waals surface area contributed by atoms with E-state index in [0.29, 0.717) is 5.69 Å². The molecule has 1 aliphatic heterocycles. The van der Waals surface area contributed by atoms with Crippen molar-refractivity contribution in [1.29, 1.82) is 0 Å². The van der Waals surface area contributed by atoms with Gasteiger partial charge in [0.05, 0.1) is 11.8 Å². The molecular formula is C21H24Br2N2O3. The van der Waals surface area contributed by atoms with Crippen LogP contribution in [0, 0.1) is 36.5 Å². The lowest BCUT2D eigenvalue weighted by Crippen LogP contribution is -2.51. The van der Waals surface area contributed by atoms with Crippen molar-refractivity contribution in [3.63, 3.8) is 0 Å². The molecule has 1 aromatic rings. The molecule has 1 heterocycles. The summed E-state index contributed by atoms with van der Waals surface area (Å²) in [5, 5.41) is 2.89. The van der Waals surface area contributed by atoms with Crippen LogP contribution >= 0.6 is 31.9 Å². The summed E-state index contributed by atoms with van der Waals surface area (Å²) in [7, 11) is 0. The Bertz CT molecular complexity index is 793. The van der Waals surface area contributed by atoms with Crippen molar-refractivity contribution < 1.29 is 14.4 Å². The van der Waals surface area contributed by atoms with Gasteiger partial charge in [0.15, 0.2) is 0 Å². The molecule has 0 unspecified atom stereocenters. The van der Waals surface area contributed by atoms with E-state index in [1.807, 2.05) is 45.0 Å². The van der Waals surface area contributed by atoms with E-state index in [2.05, 4.69) is 37.2 Å². The smallest absolute Gasteiger partial charge is 0.247 e. The highest BCUT2D eigenvalue weighted by molar-refractivity contribution is 9.12. The number of halogens is 2. The molecule has 2 aliphatic carbocycles. The Morgan fingerprint density at radius 2 is 1.54 bits per heavy atom. The van der Waals surface area contributed by atoms with Gasteiger partial charge in [0.1, 0.15) is 6.04 Å². The van der Waals surface area contributed by atoms with Gasteiger partial charge in [-0.1, -0.05) is 63.4 Å². The number of anilines is 1. The third-order valence-electron chi connectivity index (χ3n) is 6.52. The molecule has 3 fully saturated rings. The molecule has 7 heteroatoms. The van der Waals surface area contributed by atoms with Crippen LogP contribution in [0.2, 0.25) is 0 Å². The number of likely N-dealkylation sites (tertiary alicyclic amines) is 1. The maximum Gasteiger partial charge on any atom is 0.247 e. The number of aryl methyl sites for hydroxylation is 1. The SMILES string of the molecule is Cc1ccc(NC(=O)[C@@H](C(C)C)N2C(=O)[C@H]3[C@@H]4C[C@H]([C@@H](Br)[C@H]4Br)[C@@H]3C2=O)cc1. The van der Waals surface area contributed by atoms with Crippen LogP contribution in [0.15, 0.2) is 24.3 Å². The number of nitrogens with one attached hydrogen (secondary N) is 1. The van der Waals surface area contributed by atoms with Gasteiger partial charge in [0.25, 0.3) is 0 Å². The van der Waals surface area contributed by atoms with Crippen molar-refractivity contribution in [2.75, 3.05) is 5.32 Å². The third-order valence-corrected chi connectivity index (χ3v) is 9.73. The number of amides is 3. The number of alkyl halides is 2. The fourth-order valence-electron chi connectivity index (χ4n) is 5.22. The average Bonchev–Trinajstić information content (AvgIpc) is 3.24. The zero-order valence-electron chi connectivity index (χ0n) is 16.1. The molecule has 1 N–H and O–H groups in total. The first-order valence-electron chi connectivity index (χ1n) is 9.75. The van der Waals surface area contributed by atoms with Gasteiger partial charge >= 0.3 is 0 Å². The fraction of sp³-hybridized carbons (Fsp3) is 0.571. The highest BCUT2D eigenvalue weighted by Gasteiger charge is 2.67. The number of imide groups is 1. The minimum absolute atomic E-state index is 0.147. The van der Waals surface area contributed by atoms with E-state index in [9.17, 15) is 14.4 Å². The maximum atomic E-state index is 13.3. The second-order valence-corrected chi connectivity index (χ2v) is 10.7. The lowest BCUT2D eigenvalue weighted by Gasteiger charge is -2.29. The van der Waals surface area contributed by atoms with Gasteiger partial charge in [-0.3, -0.25) is 19.3 Å². The van der Waals surface area contributed by atoms with Gasteiger partial charge in [-0.05, 0) is 43.2 Å². The van der Waals surface area contributed by atoms with Crippen LogP contribution in [-0.4, -0.2) is 38.3 Å². The number of hydrogen-bond acceptors (Lipinski definition) is 3. The molecule has 1 saturated heterocycles. The largest absolute Gasteiger partial charge is 0.324 e. The molecule has 3 aliphatic rings. The van der Waals surface area contributed by atoms with Crippen LogP contribution < -0.4 is 5.32 Å². The molecule has 2 saturated carbocycles. The molecular weight excluding hydrogens is 488 g/mol. The normalized spacial score (nSPS) is 34.9. The summed E-state index contributed by atoms with van der Waals surface area (Å²) in [6.07, 6.45) is 0.883. The van der Waals surface area contributed by atoms with Gasteiger partial charge < -0.3 is 5.32 Å². The van der Waals surface area contributed by atoms with Crippen molar-refractivity contribution in [3.05, 3.63) is 29.8 Å². The number of rotatable bonds is 4. The molecule has 2 bridgehead atoms. The number of nitrogens with zero attached hydrogens (tertiary/aromatic N) is 1. The van der Waals surface area contributed by atoms with Gasteiger partial charge in [-0.2, -0.15) is 0 Å². The first kappa shape index (κ1) is 20.1. The lowest BCUT2D eigenvalue weighted by atomic mass is 9.81. The fourth-order valence-corrected chi connectivity index (χ4v) is 7.09. The summed E-state index contributed by atoms with van der Waals surface area (Å²) in [6.45, 7) is 5.73. The molecule has 3 amide bonds. The zero-order valence-corrected chi connectivity index (χ0v) is 19.2. The van der Waals surface area contributed by atoms with E-state index in [1.54, 1.807) is 0 Å². The minimum atomic E-state index is -0.797. The summed E-state index contributed by atoms with van der Waals surface area (Å²) in [5.74, 6) is -1.14. The van der Waals surface area contributed by atoms with E-state index in [4.69, 9.17) is 0 Å². The Kier molecular flexibility index (Phi) is 5.19. The van der Waals surface area contributed by atoms with Crippen molar-refractivity contribution in [3.8, 4) is 0 Å². The van der Waals surface area contributed by atoms with Crippen LogP contribution in [0.1, 0.15) is 25.8 Å². The second kappa shape index (κ2) is 7.24. The standard InChI is InChI=1S/C21H24Br2N2O3/c1-9(2)18(19(26)24-11-6-4-10(3)5-7-11)25-20(27)14-12-8-13(15(14)21(25)28)17(23)16(12)22/h4-7,9,12-18H,8H2,1-3H3,(H,24,26)/t12-,13-,14-,15-,16-,17+,18+/m0/s1. The van der Waals surface area contributed by atoms with Crippen LogP contribution in [0.25, 0.3) is 0 Å². The molecule has 0 aromatic heterocycles. The Balaban J connectivity index is 1.60. The van der Waals surface area contributed by atoms with Crippen LogP contribution in [0.3, 0.4) is 0 Å². The Labute approximate surface area is 181 Å². The predicted octanol–water partition coefficient (Wildman–Crippen LogP) is 3.74. The Morgan fingerprint density at radius 1 is 1.04 bits per heavy atom. The molecule has 28 heavy (non-hydrogen) atoms. The molecule has 0 spiro atoms. The highest BCUT2D eigenvalue weighted by atomic mass is 79.9. The Morgan fingerprint density at radius 3 is 2.00 bits per heavy atom. The summed E-state index contributed by atoms with van der Waals surface area (Å²) in [4.78, 5) is 41.3. The van der Waals surface area contributed by atoms with Gasteiger partial charge in [-0.15, -0.1) is 0 Å². The first-order chi connectivity index (χ1) is 13.2. The number of hydrogen-bond donors (Lipinski definition) is 1. The topological polar surface area (TPSA) is 66.5 Å². The number of carbonyl (C=O) groups is 3. The summed E-state index contributed by atoms with van der Waals surface area (Å²) in [6, 6.07) is 6.70. The molecule has 4 rings (SSSR count). The molecule has 5 nitrogen and oxygen atoms in total. The number of benzene rings is 1. The average molecular weight is 512 g/mol. The minimum Gasteiger partial charge on any atom is -0.324 e. The summed E-state index contributed by atoms with van der Waals surface area (Å²) < 4.78 is 0. The van der Waals surface area contributed by atoms with Crippen LogP contribution in [0.5, 0.6) is 0 Å². The van der Waals surface area contributed by atoms with E-state index in [0.717, 1.165) is 12.0 Å². The quantitative estimate of drug-likeness (QED) is 0.494. The van der Waals surface area contributed by atoms with Gasteiger partial charge in [0.2, 0.25) is 17.7 Å². The van der Waals surface area contributed by atoms with Crippen molar-refractivity contribution in [2.24, 2.45) is 29.6 Å². The van der Waals surface area contributed by atoms with Crippen molar-refractivity contribution in [2.45, 2.75) is 42.9 Å². The van der Waals surface area contributed by atoms with Crippen molar-refractivity contribution in [1.82, 2.24) is 4.90 Å². The summed E-state index contributed by atoms with van der Waals surface area (Å²) >= 11 is 7.40. The van der Waals surface area contributed by atoms with E-state index in [1.165, 1.54) is 4.90 Å². The van der Waals surface area contributed by atoms with E-state index < -0.39 is 6.04 Å². The third kappa shape index (κ3) is 2.96. The Hall–Kier alpha value is -1.21. The number of carbonyl (C=O) groups excluding carboxylic acids is 3. The maximum absolute atomic E-state index is 13.3.